The van der Waals surface area contributed by atoms with E-state index in [1.165, 1.54) is 0 Å². The van der Waals surface area contributed by atoms with Crippen molar-refractivity contribution in [2.45, 2.75) is 13.0 Å². The second-order valence-electron chi connectivity index (χ2n) is 5.96. The average Bonchev–Trinajstić information content (AvgIpc) is 2.54. The fourth-order valence-corrected chi connectivity index (χ4v) is 2.70. The van der Waals surface area contributed by atoms with Gasteiger partial charge in [-0.05, 0) is 26.1 Å². The number of benzene rings is 1. The van der Waals surface area contributed by atoms with Gasteiger partial charge in [-0.2, -0.15) is 0 Å². The van der Waals surface area contributed by atoms with Gasteiger partial charge in [0.15, 0.2) is 0 Å². The number of piperazine rings is 1. The summed E-state index contributed by atoms with van der Waals surface area (Å²) in [5.41, 5.74) is 0. The highest BCUT2D eigenvalue weighted by Crippen LogP contribution is 2.18. The van der Waals surface area contributed by atoms with E-state index >= 15 is 0 Å². The van der Waals surface area contributed by atoms with Crippen LogP contribution in [0.3, 0.4) is 0 Å². The predicted molar refractivity (Wildman–Crippen MR) is 90.0 cm³/mol. The lowest BCUT2D eigenvalue weighted by Gasteiger charge is -2.37. The summed E-state index contributed by atoms with van der Waals surface area (Å²) in [7, 11) is 3.74. The van der Waals surface area contributed by atoms with Crippen molar-refractivity contribution in [3.05, 3.63) is 24.3 Å². The van der Waals surface area contributed by atoms with E-state index in [0.717, 1.165) is 31.1 Å². The van der Waals surface area contributed by atoms with Crippen LogP contribution in [0, 0.1) is 0 Å². The Bertz CT molecular complexity index is 510. The molecule has 1 atom stereocenters. The van der Waals surface area contributed by atoms with Crippen LogP contribution in [-0.4, -0.2) is 75.2 Å². The third-order valence-corrected chi connectivity index (χ3v) is 4.05. The van der Waals surface area contributed by atoms with Crippen LogP contribution in [-0.2, 0) is 4.79 Å². The molecule has 6 nitrogen and oxygen atoms in total. The highest BCUT2D eigenvalue weighted by atomic mass is 16.5. The summed E-state index contributed by atoms with van der Waals surface area (Å²) >= 11 is 0. The first kappa shape index (κ1) is 17.6. The Hall–Kier alpha value is -1.79. The number of methoxy groups -OCH3 is 1. The average molecular weight is 321 g/mol. The van der Waals surface area contributed by atoms with Gasteiger partial charge in [0.1, 0.15) is 18.1 Å². The van der Waals surface area contributed by atoms with Gasteiger partial charge in [-0.15, -0.1) is 0 Å². The molecular formula is C17H27N3O3. The van der Waals surface area contributed by atoms with Crippen LogP contribution < -0.4 is 14.8 Å². The molecule has 0 bridgehead atoms. The maximum atomic E-state index is 12.0. The molecule has 1 aromatic carbocycles. The van der Waals surface area contributed by atoms with Gasteiger partial charge in [0, 0.05) is 31.7 Å². The Morgan fingerprint density at radius 2 is 2.13 bits per heavy atom. The highest BCUT2D eigenvalue weighted by Gasteiger charge is 2.22. The van der Waals surface area contributed by atoms with E-state index in [0.29, 0.717) is 25.7 Å². The van der Waals surface area contributed by atoms with E-state index in [9.17, 15) is 4.79 Å². The van der Waals surface area contributed by atoms with E-state index in [1.807, 2.05) is 24.3 Å². The summed E-state index contributed by atoms with van der Waals surface area (Å²) in [6.07, 6.45) is 0. The summed E-state index contributed by atoms with van der Waals surface area (Å²) in [5.74, 6) is 1.55. The zero-order valence-corrected chi connectivity index (χ0v) is 14.2. The van der Waals surface area contributed by atoms with Gasteiger partial charge in [0.2, 0.25) is 5.91 Å². The molecule has 1 heterocycles. The molecule has 1 N–H and O–H groups in total. The lowest BCUT2D eigenvalue weighted by Crippen LogP contribution is -2.53. The normalized spacial score (nSPS) is 19.3. The molecule has 1 aliphatic heterocycles. The van der Waals surface area contributed by atoms with Crippen LogP contribution >= 0.6 is 0 Å². The number of ether oxygens (including phenoxy) is 2. The van der Waals surface area contributed by atoms with Gasteiger partial charge >= 0.3 is 0 Å². The second-order valence-corrected chi connectivity index (χ2v) is 5.96. The van der Waals surface area contributed by atoms with Crippen LogP contribution in [0.15, 0.2) is 24.3 Å². The van der Waals surface area contributed by atoms with Crippen molar-refractivity contribution in [3.8, 4) is 11.5 Å². The van der Waals surface area contributed by atoms with Crippen LogP contribution in [0.1, 0.15) is 6.92 Å². The number of amides is 1. The number of rotatable bonds is 7. The molecule has 2 rings (SSSR count). The molecule has 1 aliphatic rings. The third kappa shape index (κ3) is 5.73. The molecule has 0 saturated carbocycles. The minimum absolute atomic E-state index is 0.0515. The quantitative estimate of drug-likeness (QED) is 0.754. The Balaban J connectivity index is 1.64. The molecular weight excluding hydrogens is 294 g/mol. The molecule has 23 heavy (non-hydrogen) atoms. The van der Waals surface area contributed by atoms with Crippen molar-refractivity contribution in [1.29, 1.82) is 0 Å². The number of hydrogen-bond donors (Lipinski definition) is 1. The number of carbonyl (C=O) groups is 1. The van der Waals surface area contributed by atoms with Crippen molar-refractivity contribution in [2.24, 2.45) is 0 Å². The molecule has 1 fully saturated rings. The molecule has 1 saturated heterocycles. The minimum Gasteiger partial charge on any atom is -0.497 e. The number of hydrogen-bond acceptors (Lipinski definition) is 5. The monoisotopic (exact) mass is 321 g/mol. The van der Waals surface area contributed by atoms with Gasteiger partial charge in [-0.1, -0.05) is 6.07 Å². The van der Waals surface area contributed by atoms with Crippen LogP contribution in [0.5, 0.6) is 11.5 Å². The summed E-state index contributed by atoms with van der Waals surface area (Å²) in [6, 6.07) is 7.85. The van der Waals surface area contributed by atoms with E-state index in [1.54, 1.807) is 7.11 Å². The summed E-state index contributed by atoms with van der Waals surface area (Å²) in [5, 5.41) is 2.91. The molecule has 128 valence electrons. The molecule has 0 aliphatic carbocycles. The van der Waals surface area contributed by atoms with Crippen LogP contribution in [0.4, 0.5) is 0 Å². The first-order valence-electron chi connectivity index (χ1n) is 8.04. The van der Waals surface area contributed by atoms with E-state index < -0.39 is 0 Å². The lowest BCUT2D eigenvalue weighted by molar-refractivity contribution is -0.123. The third-order valence-electron chi connectivity index (χ3n) is 4.05. The molecule has 0 spiro atoms. The minimum atomic E-state index is 0.0515. The van der Waals surface area contributed by atoms with Crippen molar-refractivity contribution >= 4 is 5.91 Å². The number of likely N-dealkylation sites (N-methyl/N-ethyl adjacent to an activating group) is 1. The molecule has 6 heteroatoms. The summed E-state index contributed by atoms with van der Waals surface area (Å²) in [6.45, 7) is 6.51. The van der Waals surface area contributed by atoms with Crippen molar-refractivity contribution in [1.82, 2.24) is 15.1 Å². The molecule has 1 aromatic rings. The fourth-order valence-electron chi connectivity index (χ4n) is 2.70. The topological polar surface area (TPSA) is 54.0 Å². The molecule has 1 unspecified atom stereocenters. The highest BCUT2D eigenvalue weighted by molar-refractivity contribution is 5.78. The maximum Gasteiger partial charge on any atom is 0.234 e. The Morgan fingerprint density at radius 3 is 2.87 bits per heavy atom. The van der Waals surface area contributed by atoms with Gasteiger partial charge in [0.05, 0.1) is 20.2 Å². The lowest BCUT2D eigenvalue weighted by atomic mass is 10.2. The summed E-state index contributed by atoms with van der Waals surface area (Å²) in [4.78, 5) is 16.5. The Kier molecular flexibility index (Phi) is 6.67. The summed E-state index contributed by atoms with van der Waals surface area (Å²) < 4.78 is 10.8. The molecule has 1 amide bonds. The van der Waals surface area contributed by atoms with E-state index in [2.05, 4.69) is 29.1 Å². The smallest absolute Gasteiger partial charge is 0.234 e. The number of nitrogens with one attached hydrogen (secondary N) is 1. The van der Waals surface area contributed by atoms with E-state index in [-0.39, 0.29) is 5.91 Å². The largest absolute Gasteiger partial charge is 0.497 e. The first-order chi connectivity index (χ1) is 11.1. The first-order valence-corrected chi connectivity index (χ1v) is 8.04. The fraction of sp³-hybridized carbons (Fsp3) is 0.588. The van der Waals surface area contributed by atoms with Crippen molar-refractivity contribution in [2.75, 3.05) is 53.5 Å². The number of carbonyl (C=O) groups excluding carboxylic acids is 1. The van der Waals surface area contributed by atoms with Crippen molar-refractivity contribution in [3.63, 3.8) is 0 Å². The second kappa shape index (κ2) is 8.74. The van der Waals surface area contributed by atoms with Gasteiger partial charge < -0.3 is 19.7 Å². The van der Waals surface area contributed by atoms with Crippen LogP contribution in [0.2, 0.25) is 0 Å². The van der Waals surface area contributed by atoms with Gasteiger partial charge in [0.25, 0.3) is 0 Å². The van der Waals surface area contributed by atoms with Gasteiger partial charge in [-0.25, -0.2) is 0 Å². The van der Waals surface area contributed by atoms with Crippen molar-refractivity contribution < 1.29 is 14.3 Å². The number of nitrogens with zero attached hydrogens (tertiary/aromatic N) is 2. The molecule has 0 radical (unpaired) electrons. The Labute approximate surface area is 138 Å². The zero-order valence-electron chi connectivity index (χ0n) is 14.2. The standard InChI is InChI=1S/C17H27N3O3/c1-14-12-19(2)8-9-20(14)13-17(21)18-7-10-23-16-6-4-5-15(11-16)22-3/h4-6,11,14H,7-10,12-13H2,1-3H3,(H,18,21). The van der Waals surface area contributed by atoms with Gasteiger partial charge in [-0.3, -0.25) is 9.69 Å². The van der Waals surface area contributed by atoms with Crippen LogP contribution in [0.25, 0.3) is 0 Å². The SMILES string of the molecule is COc1cccc(OCCNC(=O)CN2CCN(C)CC2C)c1. The maximum absolute atomic E-state index is 12.0. The predicted octanol–water partition coefficient (Wildman–Crippen LogP) is 0.826. The van der Waals surface area contributed by atoms with E-state index in [4.69, 9.17) is 9.47 Å². The molecule has 0 aromatic heterocycles. The Morgan fingerprint density at radius 1 is 1.35 bits per heavy atom. The zero-order chi connectivity index (χ0) is 16.7.